The highest BCUT2D eigenvalue weighted by Gasteiger charge is 2.26. The third-order valence-corrected chi connectivity index (χ3v) is 4.62. The van der Waals surface area contributed by atoms with E-state index in [0.717, 1.165) is 12.3 Å². The van der Waals surface area contributed by atoms with Gasteiger partial charge in [-0.2, -0.15) is 0 Å². The molecule has 2 fully saturated rings. The van der Waals surface area contributed by atoms with E-state index >= 15 is 0 Å². The van der Waals surface area contributed by atoms with E-state index in [4.69, 9.17) is 0 Å². The van der Waals surface area contributed by atoms with Crippen LogP contribution in [0.4, 0.5) is 0 Å². The third kappa shape index (κ3) is 3.21. The van der Waals surface area contributed by atoms with Crippen LogP contribution in [0, 0.1) is 11.8 Å². The molecule has 1 saturated heterocycles. The summed E-state index contributed by atoms with van der Waals surface area (Å²) in [6.07, 6.45) is 8.91. The zero-order valence-corrected chi connectivity index (χ0v) is 10.7. The molecule has 0 aromatic rings. The second-order valence-corrected chi connectivity index (χ2v) is 5.76. The molecule has 2 nitrogen and oxygen atoms in total. The highest BCUT2D eigenvalue weighted by Crippen LogP contribution is 2.29. The average Bonchev–Trinajstić information content (AvgIpc) is 2.72. The van der Waals surface area contributed by atoms with Gasteiger partial charge in [0.15, 0.2) is 0 Å². The molecule has 3 atom stereocenters. The van der Waals surface area contributed by atoms with Gasteiger partial charge in [-0.3, -0.25) is 0 Å². The Hall–Kier alpha value is -0.0800. The van der Waals surface area contributed by atoms with Crippen LogP contribution in [0.3, 0.4) is 0 Å². The maximum absolute atomic E-state index is 9.80. The SMILES string of the molecule is CCC1CCCN(CCC2CCCC2O)C1. The summed E-state index contributed by atoms with van der Waals surface area (Å²) in [5.41, 5.74) is 0. The molecule has 2 rings (SSSR count). The summed E-state index contributed by atoms with van der Waals surface area (Å²) in [4.78, 5) is 2.63. The number of aliphatic hydroxyl groups excluding tert-OH is 1. The van der Waals surface area contributed by atoms with E-state index < -0.39 is 0 Å². The van der Waals surface area contributed by atoms with E-state index in [0.29, 0.717) is 5.92 Å². The van der Waals surface area contributed by atoms with Crippen molar-refractivity contribution in [3.8, 4) is 0 Å². The molecule has 0 spiro atoms. The molecule has 2 aliphatic rings. The van der Waals surface area contributed by atoms with Gasteiger partial charge >= 0.3 is 0 Å². The quantitative estimate of drug-likeness (QED) is 0.795. The molecule has 1 aliphatic carbocycles. The summed E-state index contributed by atoms with van der Waals surface area (Å²) in [7, 11) is 0. The van der Waals surface area contributed by atoms with Gasteiger partial charge in [-0.1, -0.05) is 19.8 Å². The van der Waals surface area contributed by atoms with Crippen LogP contribution < -0.4 is 0 Å². The van der Waals surface area contributed by atoms with Crippen molar-refractivity contribution in [3.63, 3.8) is 0 Å². The molecule has 1 aliphatic heterocycles. The minimum absolute atomic E-state index is 0.00626. The van der Waals surface area contributed by atoms with Crippen LogP contribution in [0.25, 0.3) is 0 Å². The Morgan fingerprint density at radius 3 is 2.75 bits per heavy atom. The normalized spacial score (nSPS) is 36.8. The fourth-order valence-corrected chi connectivity index (χ4v) is 3.39. The smallest absolute Gasteiger partial charge is 0.0568 e. The lowest BCUT2D eigenvalue weighted by atomic mass is 9.94. The summed E-state index contributed by atoms with van der Waals surface area (Å²) >= 11 is 0. The molecule has 0 bridgehead atoms. The fourth-order valence-electron chi connectivity index (χ4n) is 3.39. The fraction of sp³-hybridized carbons (Fsp3) is 1.00. The van der Waals surface area contributed by atoms with Crippen molar-refractivity contribution in [2.75, 3.05) is 19.6 Å². The van der Waals surface area contributed by atoms with Gasteiger partial charge in [0.05, 0.1) is 6.10 Å². The highest BCUT2D eigenvalue weighted by atomic mass is 16.3. The number of nitrogens with zero attached hydrogens (tertiary/aromatic N) is 1. The minimum Gasteiger partial charge on any atom is -0.393 e. The van der Waals surface area contributed by atoms with Gasteiger partial charge in [0.25, 0.3) is 0 Å². The molecule has 0 amide bonds. The van der Waals surface area contributed by atoms with Crippen LogP contribution >= 0.6 is 0 Å². The van der Waals surface area contributed by atoms with Gasteiger partial charge in [-0.05, 0) is 57.0 Å². The van der Waals surface area contributed by atoms with E-state index in [1.54, 1.807) is 0 Å². The summed E-state index contributed by atoms with van der Waals surface area (Å²) in [6, 6.07) is 0. The van der Waals surface area contributed by atoms with Crippen molar-refractivity contribution in [1.29, 1.82) is 0 Å². The Labute approximate surface area is 100 Å². The number of piperidine rings is 1. The first-order valence-electron chi connectivity index (χ1n) is 7.20. The number of rotatable bonds is 4. The zero-order valence-electron chi connectivity index (χ0n) is 10.7. The number of hydrogen-bond acceptors (Lipinski definition) is 2. The Morgan fingerprint density at radius 2 is 2.06 bits per heavy atom. The van der Waals surface area contributed by atoms with Crippen LogP contribution in [0.1, 0.15) is 51.9 Å². The standard InChI is InChI=1S/C14H27NO/c1-2-12-5-4-9-15(11-12)10-8-13-6-3-7-14(13)16/h12-14,16H,2-11H2,1H3. The molecule has 1 heterocycles. The third-order valence-electron chi connectivity index (χ3n) is 4.62. The second-order valence-electron chi connectivity index (χ2n) is 5.76. The van der Waals surface area contributed by atoms with Crippen molar-refractivity contribution in [3.05, 3.63) is 0 Å². The lowest BCUT2D eigenvalue weighted by Crippen LogP contribution is -2.36. The van der Waals surface area contributed by atoms with Crippen LogP contribution in [-0.4, -0.2) is 35.7 Å². The van der Waals surface area contributed by atoms with Crippen LogP contribution in [-0.2, 0) is 0 Å². The topological polar surface area (TPSA) is 23.5 Å². The number of aliphatic hydroxyl groups is 1. The molecule has 94 valence electrons. The monoisotopic (exact) mass is 225 g/mol. The van der Waals surface area contributed by atoms with Gasteiger partial charge in [0.1, 0.15) is 0 Å². The zero-order chi connectivity index (χ0) is 11.4. The molecule has 0 radical (unpaired) electrons. The summed E-state index contributed by atoms with van der Waals surface area (Å²) in [5, 5.41) is 9.80. The summed E-state index contributed by atoms with van der Waals surface area (Å²) < 4.78 is 0. The maximum Gasteiger partial charge on any atom is 0.0568 e. The van der Waals surface area contributed by atoms with Crippen LogP contribution in [0.15, 0.2) is 0 Å². The van der Waals surface area contributed by atoms with Gasteiger partial charge < -0.3 is 10.0 Å². The van der Waals surface area contributed by atoms with Crippen molar-refractivity contribution < 1.29 is 5.11 Å². The predicted octanol–water partition coefficient (Wildman–Crippen LogP) is 2.66. The predicted molar refractivity (Wildman–Crippen MR) is 67.4 cm³/mol. The summed E-state index contributed by atoms with van der Waals surface area (Å²) in [6.45, 7) is 6.13. The number of hydrogen-bond donors (Lipinski definition) is 1. The lowest BCUT2D eigenvalue weighted by molar-refractivity contribution is 0.107. The van der Waals surface area contributed by atoms with Crippen molar-refractivity contribution >= 4 is 0 Å². The van der Waals surface area contributed by atoms with E-state index in [1.165, 1.54) is 58.2 Å². The van der Waals surface area contributed by atoms with Gasteiger partial charge in [0, 0.05) is 6.54 Å². The molecule has 0 aromatic heterocycles. The first-order chi connectivity index (χ1) is 7.79. The van der Waals surface area contributed by atoms with Crippen molar-refractivity contribution in [2.24, 2.45) is 11.8 Å². The Kier molecular flexibility index (Phi) is 4.66. The van der Waals surface area contributed by atoms with E-state index in [2.05, 4.69) is 11.8 Å². The molecule has 2 heteroatoms. The van der Waals surface area contributed by atoms with Crippen molar-refractivity contribution in [1.82, 2.24) is 4.90 Å². The van der Waals surface area contributed by atoms with Gasteiger partial charge in [-0.25, -0.2) is 0 Å². The van der Waals surface area contributed by atoms with Crippen molar-refractivity contribution in [2.45, 2.75) is 58.0 Å². The van der Waals surface area contributed by atoms with E-state index in [9.17, 15) is 5.11 Å². The molecule has 16 heavy (non-hydrogen) atoms. The van der Waals surface area contributed by atoms with Gasteiger partial charge in [-0.15, -0.1) is 0 Å². The largest absolute Gasteiger partial charge is 0.393 e. The molecule has 1 saturated carbocycles. The first-order valence-corrected chi connectivity index (χ1v) is 7.20. The molecule has 3 unspecified atom stereocenters. The minimum atomic E-state index is 0.00626. The highest BCUT2D eigenvalue weighted by molar-refractivity contribution is 4.79. The first kappa shape index (κ1) is 12.4. The van der Waals surface area contributed by atoms with E-state index in [-0.39, 0.29) is 6.10 Å². The molecule has 0 aromatic carbocycles. The maximum atomic E-state index is 9.80. The lowest BCUT2D eigenvalue weighted by Gasteiger charge is -2.33. The average molecular weight is 225 g/mol. The van der Waals surface area contributed by atoms with E-state index in [1.807, 2.05) is 0 Å². The molecule has 1 N–H and O–H groups in total. The Bertz CT molecular complexity index is 207. The van der Waals surface area contributed by atoms with Gasteiger partial charge in [0.2, 0.25) is 0 Å². The molecular formula is C14H27NO. The Morgan fingerprint density at radius 1 is 1.19 bits per heavy atom. The van der Waals surface area contributed by atoms with Crippen LogP contribution in [0.5, 0.6) is 0 Å². The number of likely N-dealkylation sites (tertiary alicyclic amines) is 1. The summed E-state index contributed by atoms with van der Waals surface area (Å²) in [5.74, 6) is 1.53. The van der Waals surface area contributed by atoms with Crippen LogP contribution in [0.2, 0.25) is 0 Å². The molecular weight excluding hydrogens is 198 g/mol. The Balaban J connectivity index is 1.68. The second kappa shape index (κ2) is 6.02.